The molecule has 312 valence electrons. The van der Waals surface area contributed by atoms with Gasteiger partial charge in [-0.15, -0.1) is 0 Å². The second-order valence-electron chi connectivity index (χ2n) is 17.6. The van der Waals surface area contributed by atoms with Gasteiger partial charge in [0.15, 0.2) is 0 Å². The molecule has 0 amide bonds. The van der Waals surface area contributed by atoms with Crippen molar-refractivity contribution in [1.29, 1.82) is 0 Å². The third kappa shape index (κ3) is 5.85. The predicted octanol–water partition coefficient (Wildman–Crippen LogP) is 18.3. The van der Waals surface area contributed by atoms with E-state index in [1.54, 1.807) is 0 Å². The normalized spacial score (nSPS) is 12.4. The van der Waals surface area contributed by atoms with Crippen molar-refractivity contribution in [3.05, 3.63) is 243 Å². The summed E-state index contributed by atoms with van der Waals surface area (Å²) in [5.74, 6) is 0. The Kier molecular flexibility index (Phi) is 8.28. The lowest BCUT2D eigenvalue weighted by Gasteiger charge is -2.28. The maximum Gasteiger partial charge on any atom is 0.143 e. The molecule has 0 bridgehead atoms. The van der Waals surface area contributed by atoms with E-state index < -0.39 is 0 Å². The van der Waals surface area contributed by atoms with E-state index in [0.717, 1.165) is 78.3 Å². The molecular weight excluding hydrogens is 813 g/mol. The first kappa shape index (κ1) is 37.5. The molecule has 3 heterocycles. The highest BCUT2D eigenvalue weighted by Crippen LogP contribution is 2.54. The number of benzene rings is 11. The SMILES string of the molecule is c1cc(-c2cccc3c2oc2ccccc23)cc(N2c3ccccc3-c3ccccc3-c3cc(-c4ccc5c(c4)-c4ccccc4-c4ccccc4N5c4ccc5ccccc5c4)ccc32)c1. The lowest BCUT2D eigenvalue weighted by atomic mass is 9.90. The minimum Gasteiger partial charge on any atom is -0.455 e. The van der Waals surface area contributed by atoms with Gasteiger partial charge in [0.1, 0.15) is 11.2 Å². The second kappa shape index (κ2) is 14.8. The van der Waals surface area contributed by atoms with Crippen LogP contribution in [0.3, 0.4) is 0 Å². The Bertz CT molecular complexity index is 3970. The molecule has 0 spiro atoms. The summed E-state index contributed by atoms with van der Waals surface area (Å²) in [6, 6.07) is 88.6. The molecule has 3 heteroatoms. The number of furan rings is 1. The third-order valence-corrected chi connectivity index (χ3v) is 13.9. The van der Waals surface area contributed by atoms with Crippen molar-refractivity contribution in [1.82, 2.24) is 0 Å². The van der Waals surface area contributed by atoms with Crippen LogP contribution >= 0.6 is 0 Å². The van der Waals surface area contributed by atoms with Gasteiger partial charge in [0.05, 0.1) is 22.7 Å². The van der Waals surface area contributed by atoms with Crippen LogP contribution in [0.1, 0.15) is 0 Å². The zero-order valence-electron chi connectivity index (χ0n) is 36.4. The maximum absolute atomic E-state index is 6.56. The van der Waals surface area contributed by atoms with Gasteiger partial charge in [-0.05, 0) is 116 Å². The Morgan fingerprint density at radius 3 is 1.39 bits per heavy atom. The summed E-state index contributed by atoms with van der Waals surface area (Å²) in [4.78, 5) is 4.90. The lowest BCUT2D eigenvalue weighted by Crippen LogP contribution is -2.11. The van der Waals surface area contributed by atoms with Gasteiger partial charge in [0, 0.05) is 50.0 Å². The van der Waals surface area contributed by atoms with Crippen LogP contribution in [0.2, 0.25) is 0 Å². The van der Waals surface area contributed by atoms with Gasteiger partial charge in [-0.1, -0.05) is 176 Å². The Labute approximate surface area is 388 Å². The summed E-state index contributed by atoms with van der Waals surface area (Å²) in [7, 11) is 0. The van der Waals surface area contributed by atoms with E-state index in [9.17, 15) is 0 Å². The zero-order valence-corrected chi connectivity index (χ0v) is 36.4. The van der Waals surface area contributed by atoms with Gasteiger partial charge < -0.3 is 14.2 Å². The van der Waals surface area contributed by atoms with E-state index in [4.69, 9.17) is 4.42 Å². The van der Waals surface area contributed by atoms with Crippen LogP contribution in [0.15, 0.2) is 247 Å². The quantitative estimate of drug-likeness (QED) is 0.176. The van der Waals surface area contributed by atoms with E-state index in [2.05, 4.69) is 246 Å². The molecule has 0 N–H and O–H groups in total. The van der Waals surface area contributed by atoms with Gasteiger partial charge in [0.25, 0.3) is 0 Å². The number of hydrogen-bond donors (Lipinski definition) is 0. The van der Waals surface area contributed by atoms with Gasteiger partial charge in [-0.2, -0.15) is 0 Å². The van der Waals surface area contributed by atoms with Crippen molar-refractivity contribution < 1.29 is 4.42 Å². The number of anilines is 6. The van der Waals surface area contributed by atoms with Crippen LogP contribution in [0.25, 0.3) is 99.5 Å². The van der Waals surface area contributed by atoms with E-state index in [0.29, 0.717) is 0 Å². The molecule has 0 saturated heterocycles. The first-order chi connectivity index (χ1) is 33.2. The van der Waals surface area contributed by atoms with Crippen molar-refractivity contribution in [2.45, 2.75) is 0 Å². The Balaban J connectivity index is 0.953. The Hall–Kier alpha value is -8.92. The summed E-state index contributed by atoms with van der Waals surface area (Å²) in [6.45, 7) is 0. The second-order valence-corrected chi connectivity index (χ2v) is 17.6. The summed E-state index contributed by atoms with van der Waals surface area (Å²) < 4.78 is 6.56. The number of rotatable bonds is 4. The molecule has 0 aliphatic carbocycles. The van der Waals surface area contributed by atoms with Crippen LogP contribution in [-0.4, -0.2) is 0 Å². The van der Waals surface area contributed by atoms with Gasteiger partial charge in [-0.3, -0.25) is 0 Å². The number of hydrogen-bond acceptors (Lipinski definition) is 3. The number of nitrogens with zero attached hydrogens (tertiary/aromatic N) is 2. The van der Waals surface area contributed by atoms with E-state index >= 15 is 0 Å². The van der Waals surface area contributed by atoms with E-state index in [1.807, 2.05) is 6.07 Å². The fourth-order valence-electron chi connectivity index (χ4n) is 10.9. The molecule has 0 radical (unpaired) electrons. The largest absolute Gasteiger partial charge is 0.455 e. The van der Waals surface area contributed by atoms with E-state index in [-0.39, 0.29) is 0 Å². The van der Waals surface area contributed by atoms with E-state index in [1.165, 1.54) is 55.3 Å². The average Bonchev–Trinajstić information content (AvgIpc) is 3.67. The van der Waals surface area contributed by atoms with Gasteiger partial charge >= 0.3 is 0 Å². The Morgan fingerprint density at radius 2 is 0.731 bits per heavy atom. The average molecular weight is 853 g/mol. The van der Waals surface area contributed by atoms with Crippen molar-refractivity contribution in [2.24, 2.45) is 0 Å². The molecule has 0 atom stereocenters. The molecule has 3 nitrogen and oxygen atoms in total. The van der Waals surface area contributed by atoms with Gasteiger partial charge in [0.2, 0.25) is 0 Å². The molecule has 0 fully saturated rings. The first-order valence-corrected chi connectivity index (χ1v) is 23.0. The molecule has 2 aliphatic heterocycles. The Morgan fingerprint density at radius 1 is 0.254 bits per heavy atom. The van der Waals surface area contributed by atoms with Gasteiger partial charge in [-0.25, -0.2) is 0 Å². The van der Waals surface area contributed by atoms with Crippen molar-refractivity contribution in [3.8, 4) is 66.8 Å². The summed E-state index contributed by atoms with van der Waals surface area (Å²) in [5.41, 5.74) is 22.7. The molecule has 0 unspecified atom stereocenters. The molecule has 11 aromatic carbocycles. The summed E-state index contributed by atoms with van der Waals surface area (Å²) in [5, 5.41) is 4.70. The van der Waals surface area contributed by atoms with Crippen molar-refractivity contribution >= 4 is 66.8 Å². The maximum atomic E-state index is 6.56. The highest BCUT2D eigenvalue weighted by molar-refractivity contribution is 6.10. The topological polar surface area (TPSA) is 19.6 Å². The van der Waals surface area contributed by atoms with Crippen molar-refractivity contribution in [3.63, 3.8) is 0 Å². The smallest absolute Gasteiger partial charge is 0.143 e. The molecule has 2 aliphatic rings. The summed E-state index contributed by atoms with van der Waals surface area (Å²) in [6.07, 6.45) is 0. The minimum absolute atomic E-state index is 0.899. The predicted molar refractivity (Wildman–Crippen MR) is 280 cm³/mol. The standard InChI is InChI=1S/C64H40N2O/c1-2-16-42-37-47(34-31-41(42)15-1)66-60-29-11-8-24-54(60)50-20-4-6-22-52(50)58-40-44(33-36-62(58)66)43-32-35-61-57(39-43)51-21-5-3-19-49(51)53-23-7-10-28-59(53)65(61)46-18-13-17-45(38-46)48-26-14-27-56-55-25-9-12-30-63(55)67-64(48)56/h1-40H. The molecule has 12 aromatic rings. The fraction of sp³-hybridized carbons (Fsp3) is 0. The van der Waals surface area contributed by atoms with Crippen molar-refractivity contribution in [2.75, 3.05) is 9.80 Å². The van der Waals surface area contributed by atoms with Crippen LogP contribution in [-0.2, 0) is 0 Å². The minimum atomic E-state index is 0.899. The molecular formula is C64H40N2O. The van der Waals surface area contributed by atoms with Crippen LogP contribution in [0, 0.1) is 0 Å². The van der Waals surface area contributed by atoms with Crippen LogP contribution < -0.4 is 9.80 Å². The number of fused-ring (bicyclic) bond motifs is 14. The van der Waals surface area contributed by atoms with Crippen LogP contribution in [0.4, 0.5) is 34.1 Å². The van der Waals surface area contributed by atoms with Crippen LogP contribution in [0.5, 0.6) is 0 Å². The fourth-order valence-corrected chi connectivity index (χ4v) is 10.9. The third-order valence-electron chi connectivity index (χ3n) is 13.9. The summed E-state index contributed by atoms with van der Waals surface area (Å²) >= 11 is 0. The molecule has 14 rings (SSSR count). The molecule has 0 saturated carbocycles. The molecule has 67 heavy (non-hydrogen) atoms. The monoisotopic (exact) mass is 852 g/mol. The highest BCUT2D eigenvalue weighted by Gasteiger charge is 2.29. The zero-order chi connectivity index (χ0) is 44.0. The highest BCUT2D eigenvalue weighted by atomic mass is 16.3. The first-order valence-electron chi connectivity index (χ1n) is 23.0. The molecule has 1 aromatic heterocycles. The lowest BCUT2D eigenvalue weighted by molar-refractivity contribution is 0.670. The number of para-hydroxylation sites is 4.